The summed E-state index contributed by atoms with van der Waals surface area (Å²) in [6, 6.07) is 61.9. The van der Waals surface area contributed by atoms with Crippen LogP contribution in [0.15, 0.2) is 170 Å². The van der Waals surface area contributed by atoms with Crippen molar-refractivity contribution in [3.05, 3.63) is 170 Å². The number of para-hydroxylation sites is 3. The van der Waals surface area contributed by atoms with Crippen molar-refractivity contribution in [2.45, 2.75) is 0 Å². The maximum Gasteiger partial charge on any atom is 0.0795 e. The van der Waals surface area contributed by atoms with E-state index < -0.39 is 0 Å². The quantitative estimate of drug-likeness (QED) is 0.195. The average molecular weight is 585 g/mol. The van der Waals surface area contributed by atoms with Crippen LogP contribution in [0.2, 0.25) is 0 Å². The SMILES string of the molecule is c1ccc(-c2cc3ccccc3cc2-n2c3ccccc3c3c4ccccc4c4c5ccccc5n(-c5ccccc5)c4c32)cc1. The molecule has 0 unspecified atom stereocenters. The van der Waals surface area contributed by atoms with E-state index in [1.165, 1.54) is 82.0 Å². The Morgan fingerprint density at radius 2 is 0.804 bits per heavy atom. The smallest absolute Gasteiger partial charge is 0.0795 e. The topological polar surface area (TPSA) is 9.86 Å². The van der Waals surface area contributed by atoms with Crippen LogP contribution in [0.3, 0.4) is 0 Å². The van der Waals surface area contributed by atoms with Gasteiger partial charge in [-0.2, -0.15) is 0 Å². The molecule has 2 heteroatoms. The Labute approximate surface area is 266 Å². The van der Waals surface area contributed by atoms with Crippen molar-refractivity contribution in [1.29, 1.82) is 0 Å². The predicted octanol–water partition coefficient (Wildman–Crippen LogP) is 11.9. The van der Waals surface area contributed by atoms with Gasteiger partial charge in [-0.05, 0) is 63.5 Å². The fourth-order valence-electron chi connectivity index (χ4n) is 7.75. The second-order valence-corrected chi connectivity index (χ2v) is 12.1. The summed E-state index contributed by atoms with van der Waals surface area (Å²) >= 11 is 0. The fraction of sp³-hybridized carbons (Fsp3) is 0. The Kier molecular flexibility index (Phi) is 5.31. The monoisotopic (exact) mass is 584 g/mol. The average Bonchev–Trinajstić information content (AvgIpc) is 3.66. The van der Waals surface area contributed by atoms with Gasteiger partial charge in [0.1, 0.15) is 0 Å². The Balaban J connectivity index is 1.53. The summed E-state index contributed by atoms with van der Waals surface area (Å²) in [5.41, 5.74) is 9.61. The van der Waals surface area contributed by atoms with Crippen LogP contribution in [-0.2, 0) is 0 Å². The molecule has 0 fully saturated rings. The van der Waals surface area contributed by atoms with Gasteiger partial charge in [0.25, 0.3) is 0 Å². The van der Waals surface area contributed by atoms with E-state index in [-0.39, 0.29) is 0 Å². The maximum absolute atomic E-state index is 2.55. The summed E-state index contributed by atoms with van der Waals surface area (Å²) in [7, 11) is 0. The van der Waals surface area contributed by atoms with Crippen LogP contribution in [0.5, 0.6) is 0 Å². The molecule has 0 N–H and O–H groups in total. The number of nitrogens with zero attached hydrogens (tertiary/aromatic N) is 2. The first-order chi connectivity index (χ1) is 22.9. The number of hydrogen-bond donors (Lipinski definition) is 0. The van der Waals surface area contributed by atoms with E-state index in [9.17, 15) is 0 Å². The van der Waals surface area contributed by atoms with Crippen molar-refractivity contribution in [1.82, 2.24) is 9.13 Å². The molecule has 8 aromatic carbocycles. The lowest BCUT2D eigenvalue weighted by Crippen LogP contribution is -2.01. The number of fused-ring (bicyclic) bond motifs is 11. The van der Waals surface area contributed by atoms with Crippen molar-refractivity contribution in [2.75, 3.05) is 0 Å². The standard InChI is InChI=1S/C44H28N2/c1-3-15-29(16-4-1)37-27-30-17-7-8-18-31(30)28-40(37)46-39-26-14-12-24-36(39)42-34-22-10-9-21-33(34)41-35-23-11-13-25-38(35)45(43(41)44(42)46)32-19-5-2-6-20-32/h1-28H. The summed E-state index contributed by atoms with van der Waals surface area (Å²) in [5.74, 6) is 0. The molecule has 0 aliphatic heterocycles. The molecule has 10 aromatic rings. The minimum atomic E-state index is 1.16. The summed E-state index contributed by atoms with van der Waals surface area (Å²) in [4.78, 5) is 0. The molecule has 2 heterocycles. The zero-order valence-electron chi connectivity index (χ0n) is 25.1. The summed E-state index contributed by atoms with van der Waals surface area (Å²) in [5, 5.41) is 10.1. The summed E-state index contributed by atoms with van der Waals surface area (Å²) < 4.78 is 5.03. The van der Waals surface area contributed by atoms with E-state index in [2.05, 4.69) is 179 Å². The lowest BCUT2D eigenvalue weighted by Gasteiger charge is -2.18. The molecule has 0 radical (unpaired) electrons. The first-order valence-corrected chi connectivity index (χ1v) is 15.9. The van der Waals surface area contributed by atoms with E-state index >= 15 is 0 Å². The first kappa shape index (κ1) is 25.2. The van der Waals surface area contributed by atoms with E-state index in [0.717, 1.165) is 5.69 Å². The third kappa shape index (κ3) is 3.47. The van der Waals surface area contributed by atoms with Gasteiger partial charge in [-0.3, -0.25) is 0 Å². The zero-order chi connectivity index (χ0) is 30.2. The number of benzene rings is 8. The molecule has 2 nitrogen and oxygen atoms in total. The third-order valence-corrected chi connectivity index (χ3v) is 9.64. The van der Waals surface area contributed by atoms with E-state index in [1.807, 2.05) is 0 Å². The molecule has 0 atom stereocenters. The Morgan fingerprint density at radius 1 is 0.348 bits per heavy atom. The fourth-order valence-corrected chi connectivity index (χ4v) is 7.75. The van der Waals surface area contributed by atoms with Crippen LogP contribution in [0.4, 0.5) is 0 Å². The molecular weight excluding hydrogens is 556 g/mol. The molecule has 0 spiro atoms. The van der Waals surface area contributed by atoms with Gasteiger partial charge in [-0.15, -0.1) is 0 Å². The van der Waals surface area contributed by atoms with Gasteiger partial charge in [-0.25, -0.2) is 0 Å². The van der Waals surface area contributed by atoms with Gasteiger partial charge < -0.3 is 9.13 Å². The van der Waals surface area contributed by atoms with Crippen molar-refractivity contribution in [3.8, 4) is 22.5 Å². The van der Waals surface area contributed by atoms with Gasteiger partial charge in [0.05, 0.1) is 27.8 Å². The second kappa shape index (κ2) is 9.69. The lowest BCUT2D eigenvalue weighted by molar-refractivity contribution is 1.15. The molecular formula is C44H28N2. The highest BCUT2D eigenvalue weighted by Gasteiger charge is 2.25. The Hall–Kier alpha value is -6.12. The van der Waals surface area contributed by atoms with Crippen LogP contribution in [0.25, 0.3) is 87.7 Å². The van der Waals surface area contributed by atoms with Crippen molar-refractivity contribution < 1.29 is 0 Å². The van der Waals surface area contributed by atoms with E-state index in [1.54, 1.807) is 0 Å². The van der Waals surface area contributed by atoms with Crippen LogP contribution >= 0.6 is 0 Å². The molecule has 46 heavy (non-hydrogen) atoms. The highest BCUT2D eigenvalue weighted by molar-refractivity contribution is 6.36. The normalized spacial score (nSPS) is 11.9. The Morgan fingerprint density at radius 3 is 1.43 bits per heavy atom. The maximum atomic E-state index is 2.55. The minimum Gasteiger partial charge on any atom is -0.307 e. The van der Waals surface area contributed by atoms with E-state index in [4.69, 9.17) is 0 Å². The molecule has 0 saturated heterocycles. The van der Waals surface area contributed by atoms with Gasteiger partial charge in [0.15, 0.2) is 0 Å². The highest BCUT2D eigenvalue weighted by Crippen LogP contribution is 2.47. The Bertz CT molecular complexity index is 2780. The van der Waals surface area contributed by atoms with Crippen molar-refractivity contribution in [2.24, 2.45) is 0 Å². The molecule has 10 rings (SSSR count). The van der Waals surface area contributed by atoms with Gasteiger partial charge in [0.2, 0.25) is 0 Å². The predicted molar refractivity (Wildman–Crippen MR) is 196 cm³/mol. The molecule has 0 saturated carbocycles. The highest BCUT2D eigenvalue weighted by atomic mass is 15.0. The van der Waals surface area contributed by atoms with Crippen LogP contribution < -0.4 is 0 Å². The van der Waals surface area contributed by atoms with Gasteiger partial charge >= 0.3 is 0 Å². The number of hydrogen-bond acceptors (Lipinski definition) is 0. The van der Waals surface area contributed by atoms with Crippen molar-refractivity contribution in [3.63, 3.8) is 0 Å². The number of aromatic nitrogens is 2. The van der Waals surface area contributed by atoms with Gasteiger partial charge in [-0.1, -0.05) is 133 Å². The molecule has 2 aromatic heterocycles. The molecule has 214 valence electrons. The second-order valence-electron chi connectivity index (χ2n) is 12.1. The first-order valence-electron chi connectivity index (χ1n) is 15.9. The molecule has 0 aliphatic rings. The zero-order valence-corrected chi connectivity index (χ0v) is 25.1. The largest absolute Gasteiger partial charge is 0.307 e. The summed E-state index contributed by atoms with van der Waals surface area (Å²) in [6.07, 6.45) is 0. The summed E-state index contributed by atoms with van der Waals surface area (Å²) in [6.45, 7) is 0. The minimum absolute atomic E-state index is 1.16. The molecule has 0 amide bonds. The molecule has 0 bridgehead atoms. The number of rotatable bonds is 3. The van der Waals surface area contributed by atoms with Crippen LogP contribution in [0.1, 0.15) is 0 Å². The van der Waals surface area contributed by atoms with E-state index in [0.29, 0.717) is 0 Å². The van der Waals surface area contributed by atoms with Crippen LogP contribution in [0, 0.1) is 0 Å². The third-order valence-electron chi connectivity index (χ3n) is 9.64. The van der Waals surface area contributed by atoms with Gasteiger partial charge in [0, 0.05) is 32.8 Å². The van der Waals surface area contributed by atoms with Crippen molar-refractivity contribution >= 4 is 65.2 Å². The molecule has 0 aliphatic carbocycles. The van der Waals surface area contributed by atoms with Crippen LogP contribution in [-0.4, -0.2) is 9.13 Å². The lowest BCUT2D eigenvalue weighted by atomic mass is 9.97.